The zero-order valence-electron chi connectivity index (χ0n) is 16.6. The van der Waals surface area contributed by atoms with Gasteiger partial charge in [-0.15, -0.1) is 0 Å². The van der Waals surface area contributed by atoms with Crippen molar-refractivity contribution in [2.75, 3.05) is 18.1 Å². The van der Waals surface area contributed by atoms with Gasteiger partial charge in [-0.1, -0.05) is 18.2 Å². The van der Waals surface area contributed by atoms with Gasteiger partial charge in [0.15, 0.2) is 0 Å². The molecule has 0 aliphatic carbocycles. The van der Waals surface area contributed by atoms with Crippen LogP contribution in [-0.2, 0) is 6.18 Å². The van der Waals surface area contributed by atoms with Crippen molar-refractivity contribution in [3.63, 3.8) is 0 Å². The molecule has 0 spiro atoms. The molecular weight excluding hydrogens is 425 g/mol. The average molecular weight is 444 g/mol. The van der Waals surface area contributed by atoms with Gasteiger partial charge >= 0.3 is 6.18 Å². The molecule has 4 N–H and O–H groups in total. The van der Waals surface area contributed by atoms with Gasteiger partial charge in [-0.3, -0.25) is 9.59 Å². The number of nitrogens with two attached hydrogens (primary N) is 1. The lowest BCUT2D eigenvalue weighted by molar-refractivity contribution is -0.141. The first-order valence-electron chi connectivity index (χ1n) is 9.42. The summed E-state index contributed by atoms with van der Waals surface area (Å²) in [6.07, 6.45) is -3.66. The van der Waals surface area contributed by atoms with Gasteiger partial charge in [0.1, 0.15) is 5.69 Å². The van der Waals surface area contributed by atoms with E-state index in [-0.39, 0.29) is 30.5 Å². The number of halogens is 3. The van der Waals surface area contributed by atoms with E-state index in [0.29, 0.717) is 11.3 Å². The number of alkyl halides is 3. The third-order valence-electron chi connectivity index (χ3n) is 4.26. The summed E-state index contributed by atoms with van der Waals surface area (Å²) in [5, 5.41) is 3.94. The Morgan fingerprint density at radius 3 is 2.25 bits per heavy atom. The second-order valence-electron chi connectivity index (χ2n) is 6.52. The van der Waals surface area contributed by atoms with Gasteiger partial charge in [0.2, 0.25) is 11.9 Å². The minimum atomic E-state index is -4.65. The molecule has 11 heteroatoms. The van der Waals surface area contributed by atoms with Crippen molar-refractivity contribution in [1.82, 2.24) is 20.7 Å². The summed E-state index contributed by atoms with van der Waals surface area (Å²) in [4.78, 5) is 31.0. The van der Waals surface area contributed by atoms with E-state index in [4.69, 9.17) is 5.73 Å². The third kappa shape index (κ3) is 5.79. The lowest BCUT2D eigenvalue weighted by Crippen LogP contribution is -2.41. The Hall–Kier alpha value is -3.99. The average Bonchev–Trinajstić information content (AvgIpc) is 2.79. The van der Waals surface area contributed by atoms with Crippen LogP contribution in [0.3, 0.4) is 0 Å². The van der Waals surface area contributed by atoms with E-state index in [0.717, 1.165) is 12.3 Å². The van der Waals surface area contributed by atoms with Crippen LogP contribution in [0.2, 0.25) is 0 Å². The second kappa shape index (κ2) is 9.88. The first-order valence-corrected chi connectivity index (χ1v) is 9.42. The zero-order chi connectivity index (χ0) is 23.1. The molecule has 3 rings (SSSR count). The van der Waals surface area contributed by atoms with E-state index in [2.05, 4.69) is 20.7 Å². The van der Waals surface area contributed by atoms with E-state index in [1.54, 1.807) is 30.3 Å². The summed E-state index contributed by atoms with van der Waals surface area (Å²) in [5.41, 5.74) is 8.10. The first-order chi connectivity index (χ1) is 15.3. The summed E-state index contributed by atoms with van der Waals surface area (Å²) >= 11 is 0. The lowest BCUT2D eigenvalue weighted by atomic mass is 10.2. The van der Waals surface area contributed by atoms with E-state index in [9.17, 15) is 22.8 Å². The van der Waals surface area contributed by atoms with Crippen LogP contribution in [0.4, 0.5) is 24.8 Å². The molecule has 0 fully saturated rings. The largest absolute Gasteiger partial charge is 0.433 e. The van der Waals surface area contributed by atoms with E-state index in [1.807, 2.05) is 0 Å². The van der Waals surface area contributed by atoms with Gasteiger partial charge in [0.05, 0.1) is 5.69 Å². The van der Waals surface area contributed by atoms with Crippen LogP contribution in [0.5, 0.6) is 0 Å². The number of benzene rings is 2. The molecule has 0 aliphatic heterocycles. The van der Waals surface area contributed by atoms with Crippen molar-refractivity contribution in [2.24, 2.45) is 5.73 Å². The fourth-order valence-electron chi connectivity index (χ4n) is 2.70. The number of nitrogens with zero attached hydrogens (tertiary/aromatic N) is 3. The third-order valence-corrected chi connectivity index (χ3v) is 4.26. The van der Waals surface area contributed by atoms with Crippen molar-refractivity contribution >= 4 is 23.5 Å². The number of hydrogen-bond acceptors (Lipinski definition) is 6. The van der Waals surface area contributed by atoms with Crippen LogP contribution in [0.15, 0.2) is 66.9 Å². The quantitative estimate of drug-likeness (QED) is 0.364. The number of hydrogen-bond donors (Lipinski definition) is 3. The molecule has 1 heterocycles. The van der Waals surface area contributed by atoms with Crippen LogP contribution in [-0.4, -0.2) is 34.9 Å². The topological polar surface area (TPSA) is 113 Å². The highest BCUT2D eigenvalue weighted by Crippen LogP contribution is 2.29. The maximum absolute atomic E-state index is 13.1. The molecule has 0 unspecified atom stereocenters. The number of carbonyl (C=O) groups is 2. The van der Waals surface area contributed by atoms with Crippen LogP contribution < -0.4 is 21.5 Å². The molecule has 0 bridgehead atoms. The fraction of sp³-hybridized carbons (Fsp3) is 0.143. The Kier molecular flexibility index (Phi) is 7.00. The molecule has 2 aromatic carbocycles. The number of rotatable bonds is 8. The fourth-order valence-corrected chi connectivity index (χ4v) is 2.70. The predicted octanol–water partition coefficient (Wildman–Crippen LogP) is 2.67. The summed E-state index contributed by atoms with van der Waals surface area (Å²) < 4.78 is 39.3. The standard InChI is InChI=1S/C21H19F3N6O2/c22-21(23,24)17-10-11-27-20(29-17)30(16-8-6-14(7-9-16)18(25)31)28-13-12-26-19(32)15-4-2-1-3-5-15/h1-11,28H,12-13H2,(H2,25,31)(H,26,32). The van der Waals surface area contributed by atoms with Crippen LogP contribution >= 0.6 is 0 Å². The van der Waals surface area contributed by atoms with E-state index in [1.165, 1.54) is 29.3 Å². The van der Waals surface area contributed by atoms with Gasteiger partial charge in [0.25, 0.3) is 5.91 Å². The molecule has 8 nitrogen and oxygen atoms in total. The highest BCUT2D eigenvalue weighted by Gasteiger charge is 2.33. The Morgan fingerprint density at radius 2 is 1.62 bits per heavy atom. The molecule has 0 saturated carbocycles. The highest BCUT2D eigenvalue weighted by molar-refractivity contribution is 5.94. The molecule has 2 amide bonds. The van der Waals surface area contributed by atoms with Gasteiger partial charge in [-0.2, -0.15) is 13.2 Å². The van der Waals surface area contributed by atoms with E-state index >= 15 is 0 Å². The smallest absolute Gasteiger partial charge is 0.366 e. The van der Waals surface area contributed by atoms with Gasteiger partial charge < -0.3 is 11.1 Å². The molecular formula is C21H19F3N6O2. The molecule has 0 saturated heterocycles. The number of amides is 2. The van der Waals surface area contributed by atoms with Crippen molar-refractivity contribution in [2.45, 2.75) is 6.18 Å². The van der Waals surface area contributed by atoms with Gasteiger partial charge in [-0.25, -0.2) is 20.4 Å². The van der Waals surface area contributed by atoms with Crippen LogP contribution in [0.1, 0.15) is 26.4 Å². The van der Waals surface area contributed by atoms with Crippen LogP contribution in [0, 0.1) is 0 Å². The second-order valence-corrected chi connectivity index (χ2v) is 6.52. The maximum Gasteiger partial charge on any atom is 0.433 e. The molecule has 0 radical (unpaired) electrons. The Labute approximate surface area is 181 Å². The Bertz CT molecular complexity index is 1070. The number of anilines is 2. The van der Waals surface area contributed by atoms with Crippen LogP contribution in [0.25, 0.3) is 0 Å². The minimum absolute atomic E-state index is 0.149. The van der Waals surface area contributed by atoms with Gasteiger partial charge in [0, 0.05) is 30.4 Å². The SMILES string of the molecule is NC(=O)c1ccc(N(NCCNC(=O)c2ccccc2)c2nccc(C(F)(F)F)n2)cc1. The number of hydrazine groups is 1. The normalized spacial score (nSPS) is 11.1. The number of nitrogens with one attached hydrogen (secondary N) is 2. The number of aromatic nitrogens is 2. The minimum Gasteiger partial charge on any atom is -0.366 e. The monoisotopic (exact) mass is 444 g/mol. The Morgan fingerprint density at radius 1 is 0.938 bits per heavy atom. The predicted molar refractivity (Wildman–Crippen MR) is 111 cm³/mol. The molecule has 166 valence electrons. The Balaban J connectivity index is 1.76. The molecule has 3 aromatic rings. The van der Waals surface area contributed by atoms with Gasteiger partial charge in [-0.05, 0) is 42.5 Å². The summed E-state index contributed by atoms with van der Waals surface area (Å²) in [6.45, 7) is 0.318. The highest BCUT2D eigenvalue weighted by atomic mass is 19.4. The maximum atomic E-state index is 13.1. The molecule has 32 heavy (non-hydrogen) atoms. The van der Waals surface area contributed by atoms with Crippen molar-refractivity contribution in [1.29, 1.82) is 0 Å². The van der Waals surface area contributed by atoms with E-state index < -0.39 is 17.8 Å². The lowest BCUT2D eigenvalue weighted by Gasteiger charge is -2.24. The zero-order valence-corrected chi connectivity index (χ0v) is 16.6. The molecule has 0 atom stereocenters. The van der Waals surface area contributed by atoms with Crippen molar-refractivity contribution in [3.05, 3.63) is 83.7 Å². The van der Waals surface area contributed by atoms with Crippen molar-refractivity contribution < 1.29 is 22.8 Å². The molecule has 1 aromatic heterocycles. The molecule has 0 aliphatic rings. The summed E-state index contributed by atoms with van der Waals surface area (Å²) in [6, 6.07) is 15.2. The summed E-state index contributed by atoms with van der Waals surface area (Å²) in [7, 11) is 0. The summed E-state index contributed by atoms with van der Waals surface area (Å²) in [5.74, 6) is -1.20. The number of carbonyl (C=O) groups excluding carboxylic acids is 2. The first kappa shape index (κ1) is 22.7. The van der Waals surface area contributed by atoms with Crippen molar-refractivity contribution in [3.8, 4) is 0 Å². The number of primary amides is 1.